The van der Waals surface area contributed by atoms with Gasteiger partial charge in [-0.25, -0.2) is 0 Å². The molecule has 0 spiro atoms. The van der Waals surface area contributed by atoms with Gasteiger partial charge in [-0.3, -0.25) is 9.59 Å². The van der Waals surface area contributed by atoms with Crippen LogP contribution < -0.4 is 5.32 Å². The molecule has 7 heteroatoms. The van der Waals surface area contributed by atoms with E-state index in [0.717, 1.165) is 57.3 Å². The molecule has 2 aliphatic heterocycles. The van der Waals surface area contributed by atoms with E-state index in [1.165, 1.54) is 32.1 Å². The zero-order valence-electron chi connectivity index (χ0n) is 20.0. The summed E-state index contributed by atoms with van der Waals surface area (Å²) >= 11 is 0. The molecule has 1 saturated heterocycles. The minimum atomic E-state index is -0.916. The molecular weight excluding hydrogens is 416 g/mol. The lowest BCUT2D eigenvalue weighted by Crippen LogP contribution is -2.65. The van der Waals surface area contributed by atoms with Crippen molar-refractivity contribution in [2.24, 2.45) is 0 Å². The first-order chi connectivity index (χ1) is 16.1. The lowest BCUT2D eigenvalue weighted by molar-refractivity contribution is -0.133. The number of rotatable bonds is 6. The SMILES string of the molecule is CC1(C(=O)NC2CCCCCCC2)Cn2c(cc3occc32)C(=O)N1CCCN1CCCC1. The van der Waals surface area contributed by atoms with Crippen LogP contribution in [-0.4, -0.2) is 63.9 Å². The Hall–Kier alpha value is -2.28. The number of amides is 2. The Bertz CT molecular complexity index is 981. The highest BCUT2D eigenvalue weighted by molar-refractivity contribution is 6.02. The van der Waals surface area contributed by atoms with Crippen LogP contribution >= 0.6 is 0 Å². The van der Waals surface area contributed by atoms with Crippen LogP contribution in [0.3, 0.4) is 0 Å². The highest BCUT2D eigenvalue weighted by Crippen LogP contribution is 2.33. The lowest BCUT2D eigenvalue weighted by Gasteiger charge is -2.45. The van der Waals surface area contributed by atoms with Crippen molar-refractivity contribution >= 4 is 22.9 Å². The first kappa shape index (κ1) is 22.5. The van der Waals surface area contributed by atoms with Crippen LogP contribution in [-0.2, 0) is 11.3 Å². The minimum absolute atomic E-state index is 0.0152. The second-order valence-electron chi connectivity index (χ2n) is 10.4. The van der Waals surface area contributed by atoms with Gasteiger partial charge >= 0.3 is 0 Å². The Labute approximate surface area is 196 Å². The summed E-state index contributed by atoms with van der Waals surface area (Å²) in [6, 6.07) is 3.93. The highest BCUT2D eigenvalue weighted by Gasteiger charge is 2.48. The number of aromatic nitrogens is 1. The molecule has 1 atom stereocenters. The summed E-state index contributed by atoms with van der Waals surface area (Å²) in [5.74, 6) is -0.0806. The Morgan fingerprint density at radius 2 is 1.82 bits per heavy atom. The van der Waals surface area contributed by atoms with Gasteiger partial charge in [0.25, 0.3) is 5.91 Å². The third-order valence-corrected chi connectivity index (χ3v) is 8.03. The van der Waals surface area contributed by atoms with Gasteiger partial charge in [0.2, 0.25) is 5.91 Å². The molecule has 4 heterocycles. The van der Waals surface area contributed by atoms with E-state index in [1.54, 1.807) is 6.26 Å². The molecule has 180 valence electrons. The molecule has 0 bridgehead atoms. The molecule has 5 rings (SSSR count). The third kappa shape index (κ3) is 4.44. The number of carbonyl (C=O) groups excluding carboxylic acids is 2. The average molecular weight is 455 g/mol. The van der Waals surface area contributed by atoms with Crippen molar-refractivity contribution in [2.45, 2.75) is 89.3 Å². The van der Waals surface area contributed by atoms with E-state index in [0.29, 0.717) is 24.4 Å². The maximum absolute atomic E-state index is 13.8. The van der Waals surface area contributed by atoms with Crippen LogP contribution in [0.15, 0.2) is 22.8 Å². The molecule has 2 amide bonds. The Kier molecular flexibility index (Phi) is 6.50. The molecule has 1 aliphatic carbocycles. The minimum Gasteiger partial charge on any atom is -0.463 e. The van der Waals surface area contributed by atoms with Gasteiger partial charge in [0.1, 0.15) is 11.2 Å². The van der Waals surface area contributed by atoms with E-state index in [1.807, 2.05) is 28.5 Å². The van der Waals surface area contributed by atoms with Crippen molar-refractivity contribution in [2.75, 3.05) is 26.2 Å². The third-order valence-electron chi connectivity index (χ3n) is 8.03. The van der Waals surface area contributed by atoms with Crippen molar-refractivity contribution in [3.8, 4) is 0 Å². The first-order valence-corrected chi connectivity index (χ1v) is 13.0. The maximum Gasteiger partial charge on any atom is 0.271 e. The molecule has 2 fully saturated rings. The second kappa shape index (κ2) is 9.53. The van der Waals surface area contributed by atoms with Crippen molar-refractivity contribution in [1.29, 1.82) is 0 Å². The van der Waals surface area contributed by atoms with Crippen LogP contribution in [0.25, 0.3) is 11.1 Å². The topological polar surface area (TPSA) is 70.7 Å². The summed E-state index contributed by atoms with van der Waals surface area (Å²) in [6.07, 6.45) is 13.2. The molecule has 1 unspecified atom stereocenters. The number of carbonyl (C=O) groups is 2. The number of hydrogen-bond acceptors (Lipinski definition) is 4. The van der Waals surface area contributed by atoms with Gasteiger partial charge < -0.3 is 24.1 Å². The fourth-order valence-corrected chi connectivity index (χ4v) is 6.02. The molecule has 2 aromatic heterocycles. The van der Waals surface area contributed by atoms with Gasteiger partial charge in [-0.1, -0.05) is 32.1 Å². The molecule has 33 heavy (non-hydrogen) atoms. The largest absolute Gasteiger partial charge is 0.463 e. The van der Waals surface area contributed by atoms with Crippen LogP contribution in [0.2, 0.25) is 0 Å². The Balaban J connectivity index is 1.38. The van der Waals surface area contributed by atoms with Crippen LogP contribution in [0.5, 0.6) is 0 Å². The van der Waals surface area contributed by atoms with Crippen LogP contribution in [0.4, 0.5) is 0 Å². The second-order valence-corrected chi connectivity index (χ2v) is 10.4. The summed E-state index contributed by atoms with van der Waals surface area (Å²) in [5.41, 5.74) is 1.31. The summed E-state index contributed by atoms with van der Waals surface area (Å²) < 4.78 is 7.56. The van der Waals surface area contributed by atoms with Crippen molar-refractivity contribution in [1.82, 2.24) is 19.7 Å². The van der Waals surface area contributed by atoms with Crippen molar-refractivity contribution in [3.05, 3.63) is 24.1 Å². The number of likely N-dealkylation sites (tertiary alicyclic amines) is 1. The smallest absolute Gasteiger partial charge is 0.271 e. The zero-order valence-corrected chi connectivity index (χ0v) is 20.0. The highest BCUT2D eigenvalue weighted by atomic mass is 16.3. The summed E-state index contributed by atoms with van der Waals surface area (Å²) in [4.78, 5) is 31.8. The van der Waals surface area contributed by atoms with E-state index in [-0.39, 0.29) is 17.9 Å². The predicted octanol–water partition coefficient (Wildman–Crippen LogP) is 4.16. The normalized spacial score (nSPS) is 25.2. The van der Waals surface area contributed by atoms with Crippen molar-refractivity contribution < 1.29 is 14.0 Å². The zero-order chi connectivity index (χ0) is 22.8. The molecular formula is C26H38N4O3. The predicted molar refractivity (Wildman–Crippen MR) is 128 cm³/mol. The van der Waals surface area contributed by atoms with Gasteiger partial charge in [0.15, 0.2) is 5.58 Å². The molecule has 7 nitrogen and oxygen atoms in total. The van der Waals surface area contributed by atoms with Gasteiger partial charge in [-0.2, -0.15) is 0 Å². The van der Waals surface area contributed by atoms with Crippen LogP contribution in [0.1, 0.15) is 81.6 Å². The average Bonchev–Trinajstić information content (AvgIpc) is 3.51. The number of hydrogen-bond donors (Lipinski definition) is 1. The standard InChI is InChI=1S/C26H38N4O3/c1-26(25(32)27-20-10-5-3-2-4-6-11-20)19-29-21-12-17-33-23(21)18-22(29)24(31)30(26)16-9-15-28-13-7-8-14-28/h12,17-18,20H,2-11,13-16,19H2,1H3,(H,27,32). The molecule has 3 aliphatic rings. The lowest BCUT2D eigenvalue weighted by atomic mass is 9.92. The molecule has 0 aromatic carbocycles. The fraction of sp³-hybridized carbons (Fsp3) is 0.692. The first-order valence-electron chi connectivity index (χ1n) is 13.0. The van der Waals surface area contributed by atoms with Gasteiger partial charge in [-0.15, -0.1) is 0 Å². The van der Waals surface area contributed by atoms with Gasteiger partial charge in [0, 0.05) is 24.7 Å². The van der Waals surface area contributed by atoms with E-state index in [9.17, 15) is 9.59 Å². The summed E-state index contributed by atoms with van der Waals surface area (Å²) in [6.45, 7) is 6.27. The monoisotopic (exact) mass is 454 g/mol. The van der Waals surface area contributed by atoms with E-state index < -0.39 is 5.54 Å². The molecule has 1 saturated carbocycles. The quantitative estimate of drug-likeness (QED) is 0.711. The number of nitrogens with zero attached hydrogens (tertiary/aromatic N) is 3. The summed E-state index contributed by atoms with van der Waals surface area (Å²) in [5, 5.41) is 3.36. The molecule has 1 N–H and O–H groups in total. The van der Waals surface area contributed by atoms with E-state index >= 15 is 0 Å². The fourth-order valence-electron chi connectivity index (χ4n) is 6.02. The van der Waals surface area contributed by atoms with Crippen LogP contribution in [0, 0.1) is 0 Å². The molecule has 2 aromatic rings. The number of nitrogens with one attached hydrogen (secondary N) is 1. The molecule has 0 radical (unpaired) electrons. The van der Waals surface area contributed by atoms with E-state index in [2.05, 4.69) is 10.2 Å². The number of fused-ring (bicyclic) bond motifs is 3. The van der Waals surface area contributed by atoms with Gasteiger partial charge in [-0.05, 0) is 58.7 Å². The Morgan fingerprint density at radius 1 is 1.09 bits per heavy atom. The van der Waals surface area contributed by atoms with E-state index in [4.69, 9.17) is 4.42 Å². The number of furan rings is 1. The van der Waals surface area contributed by atoms with Crippen molar-refractivity contribution in [3.63, 3.8) is 0 Å². The Morgan fingerprint density at radius 3 is 2.58 bits per heavy atom. The van der Waals surface area contributed by atoms with Gasteiger partial charge in [0.05, 0.1) is 18.3 Å². The maximum atomic E-state index is 13.8. The summed E-state index contributed by atoms with van der Waals surface area (Å²) in [7, 11) is 0.